The highest BCUT2D eigenvalue weighted by atomic mass is 79.9. The van der Waals surface area contributed by atoms with Crippen molar-refractivity contribution in [3.63, 3.8) is 0 Å². The first-order valence-electron chi connectivity index (χ1n) is 5.57. The van der Waals surface area contributed by atoms with E-state index in [1.54, 1.807) is 0 Å². The minimum absolute atomic E-state index is 0.416. The van der Waals surface area contributed by atoms with Crippen LogP contribution in [-0.4, -0.2) is 18.5 Å². The highest BCUT2D eigenvalue weighted by molar-refractivity contribution is 9.10. The molecule has 2 N–H and O–H groups in total. The Balaban J connectivity index is 2.26. The van der Waals surface area contributed by atoms with Crippen molar-refractivity contribution in [1.29, 1.82) is 0 Å². The Morgan fingerprint density at radius 1 is 1.56 bits per heavy atom. The molecule has 1 unspecified atom stereocenters. The molecule has 1 aromatic carbocycles. The SMILES string of the molecule is CCCC1CN=C(N)N1c1cccc(Br)c1. The molecule has 1 aliphatic heterocycles. The summed E-state index contributed by atoms with van der Waals surface area (Å²) in [5, 5.41) is 0. The molecular weight excluding hydrogens is 266 g/mol. The third-order valence-electron chi connectivity index (χ3n) is 2.78. The molecule has 0 radical (unpaired) electrons. The van der Waals surface area contributed by atoms with Crippen LogP contribution in [-0.2, 0) is 0 Å². The zero-order chi connectivity index (χ0) is 11.5. The van der Waals surface area contributed by atoms with E-state index in [0.29, 0.717) is 12.0 Å². The Morgan fingerprint density at radius 2 is 2.38 bits per heavy atom. The zero-order valence-corrected chi connectivity index (χ0v) is 10.9. The van der Waals surface area contributed by atoms with Gasteiger partial charge in [-0.1, -0.05) is 35.3 Å². The Bertz CT molecular complexity index is 403. The first-order chi connectivity index (χ1) is 7.72. The monoisotopic (exact) mass is 281 g/mol. The van der Waals surface area contributed by atoms with Crippen molar-refractivity contribution >= 4 is 27.6 Å². The van der Waals surface area contributed by atoms with Gasteiger partial charge in [-0.25, -0.2) is 0 Å². The van der Waals surface area contributed by atoms with E-state index in [2.05, 4.69) is 44.9 Å². The third kappa shape index (κ3) is 2.21. The first kappa shape index (κ1) is 11.5. The average molecular weight is 282 g/mol. The topological polar surface area (TPSA) is 41.6 Å². The Labute approximate surface area is 104 Å². The Kier molecular flexibility index (Phi) is 3.49. The highest BCUT2D eigenvalue weighted by Crippen LogP contribution is 2.25. The molecule has 1 atom stereocenters. The second kappa shape index (κ2) is 4.87. The van der Waals surface area contributed by atoms with E-state index in [1.807, 2.05) is 12.1 Å². The summed E-state index contributed by atoms with van der Waals surface area (Å²) >= 11 is 3.48. The standard InChI is InChI=1S/C12H16BrN3/c1-2-4-11-8-15-12(14)16(11)10-6-3-5-9(13)7-10/h3,5-7,11H,2,4,8H2,1H3,(H2,14,15). The second-order valence-corrected chi connectivity index (χ2v) is 4.91. The van der Waals surface area contributed by atoms with Crippen molar-refractivity contribution in [2.75, 3.05) is 11.4 Å². The van der Waals surface area contributed by atoms with Crippen molar-refractivity contribution in [2.24, 2.45) is 10.7 Å². The fourth-order valence-corrected chi connectivity index (χ4v) is 2.45. The lowest BCUT2D eigenvalue weighted by molar-refractivity contribution is 0.632. The predicted octanol–water partition coefficient (Wildman–Crippen LogP) is 2.75. The van der Waals surface area contributed by atoms with Crippen LogP contribution in [0.5, 0.6) is 0 Å². The van der Waals surface area contributed by atoms with Crippen LogP contribution >= 0.6 is 15.9 Å². The first-order valence-corrected chi connectivity index (χ1v) is 6.36. The van der Waals surface area contributed by atoms with Crippen LogP contribution in [0.1, 0.15) is 19.8 Å². The van der Waals surface area contributed by atoms with E-state index >= 15 is 0 Å². The lowest BCUT2D eigenvalue weighted by atomic mass is 10.1. The van der Waals surface area contributed by atoms with E-state index in [0.717, 1.165) is 29.5 Å². The molecule has 4 heteroatoms. The lowest BCUT2D eigenvalue weighted by Gasteiger charge is -2.26. The van der Waals surface area contributed by atoms with Crippen LogP contribution in [0.3, 0.4) is 0 Å². The molecule has 86 valence electrons. The van der Waals surface area contributed by atoms with Gasteiger partial charge in [0.25, 0.3) is 0 Å². The van der Waals surface area contributed by atoms with Crippen LogP contribution in [0.2, 0.25) is 0 Å². The maximum atomic E-state index is 5.94. The van der Waals surface area contributed by atoms with E-state index in [9.17, 15) is 0 Å². The zero-order valence-electron chi connectivity index (χ0n) is 9.36. The van der Waals surface area contributed by atoms with Crippen molar-refractivity contribution < 1.29 is 0 Å². The quantitative estimate of drug-likeness (QED) is 0.926. The van der Waals surface area contributed by atoms with E-state index in [-0.39, 0.29) is 0 Å². The van der Waals surface area contributed by atoms with E-state index in [4.69, 9.17) is 5.73 Å². The van der Waals surface area contributed by atoms with Crippen molar-refractivity contribution in [2.45, 2.75) is 25.8 Å². The van der Waals surface area contributed by atoms with Gasteiger partial charge in [0.1, 0.15) is 0 Å². The van der Waals surface area contributed by atoms with Crippen LogP contribution in [0.4, 0.5) is 5.69 Å². The average Bonchev–Trinajstić information content (AvgIpc) is 2.60. The van der Waals surface area contributed by atoms with Crippen LogP contribution < -0.4 is 10.6 Å². The molecular formula is C12H16BrN3. The molecule has 0 fully saturated rings. The number of rotatable bonds is 3. The summed E-state index contributed by atoms with van der Waals surface area (Å²) < 4.78 is 1.07. The molecule has 2 rings (SSSR count). The van der Waals surface area contributed by atoms with Gasteiger partial charge in [-0.3, -0.25) is 4.99 Å². The van der Waals surface area contributed by atoms with Gasteiger partial charge in [-0.15, -0.1) is 0 Å². The summed E-state index contributed by atoms with van der Waals surface area (Å²) in [6.45, 7) is 3.00. The molecule has 1 aliphatic rings. The van der Waals surface area contributed by atoms with E-state index in [1.165, 1.54) is 0 Å². The summed E-state index contributed by atoms with van der Waals surface area (Å²) in [5.41, 5.74) is 7.06. The molecule has 0 saturated carbocycles. The number of nitrogens with two attached hydrogens (primary N) is 1. The largest absolute Gasteiger partial charge is 0.370 e. The summed E-state index contributed by atoms with van der Waals surface area (Å²) in [6.07, 6.45) is 2.27. The van der Waals surface area contributed by atoms with Crippen molar-refractivity contribution in [3.8, 4) is 0 Å². The van der Waals surface area contributed by atoms with Crippen LogP contribution in [0, 0.1) is 0 Å². The smallest absolute Gasteiger partial charge is 0.196 e. The van der Waals surface area contributed by atoms with Crippen molar-refractivity contribution in [3.05, 3.63) is 28.7 Å². The van der Waals surface area contributed by atoms with Crippen LogP contribution in [0.25, 0.3) is 0 Å². The number of anilines is 1. The number of guanidine groups is 1. The second-order valence-electron chi connectivity index (χ2n) is 3.99. The minimum Gasteiger partial charge on any atom is -0.370 e. The number of nitrogens with zero attached hydrogens (tertiary/aromatic N) is 2. The molecule has 0 aromatic heterocycles. The van der Waals surface area contributed by atoms with Gasteiger partial charge in [-0.2, -0.15) is 0 Å². The summed E-state index contributed by atoms with van der Waals surface area (Å²) in [7, 11) is 0. The highest BCUT2D eigenvalue weighted by Gasteiger charge is 2.26. The number of halogens is 1. The summed E-state index contributed by atoms with van der Waals surface area (Å²) in [5.74, 6) is 0.636. The fourth-order valence-electron chi connectivity index (χ4n) is 2.07. The third-order valence-corrected chi connectivity index (χ3v) is 3.28. The fraction of sp³-hybridized carbons (Fsp3) is 0.417. The molecule has 0 aliphatic carbocycles. The molecule has 0 bridgehead atoms. The lowest BCUT2D eigenvalue weighted by Crippen LogP contribution is -2.40. The van der Waals surface area contributed by atoms with Gasteiger partial charge in [0.05, 0.1) is 12.6 Å². The number of hydrogen-bond acceptors (Lipinski definition) is 3. The number of hydrogen-bond donors (Lipinski definition) is 1. The molecule has 16 heavy (non-hydrogen) atoms. The van der Waals surface area contributed by atoms with Crippen molar-refractivity contribution in [1.82, 2.24) is 0 Å². The van der Waals surface area contributed by atoms with Gasteiger partial charge in [-0.05, 0) is 24.6 Å². The molecule has 0 saturated heterocycles. The molecule has 1 heterocycles. The maximum absolute atomic E-state index is 5.94. The van der Waals surface area contributed by atoms with Gasteiger partial charge < -0.3 is 10.6 Å². The molecule has 3 nitrogen and oxygen atoms in total. The van der Waals surface area contributed by atoms with Gasteiger partial charge in [0, 0.05) is 10.2 Å². The Morgan fingerprint density at radius 3 is 3.06 bits per heavy atom. The van der Waals surface area contributed by atoms with Crippen LogP contribution in [0.15, 0.2) is 33.7 Å². The van der Waals surface area contributed by atoms with E-state index < -0.39 is 0 Å². The minimum atomic E-state index is 0.416. The number of aliphatic imine (C=N–C) groups is 1. The maximum Gasteiger partial charge on any atom is 0.196 e. The molecule has 0 amide bonds. The van der Waals surface area contributed by atoms with Gasteiger partial charge >= 0.3 is 0 Å². The molecule has 0 spiro atoms. The van der Waals surface area contributed by atoms with Gasteiger partial charge in [0.2, 0.25) is 0 Å². The number of benzene rings is 1. The normalized spacial score (nSPS) is 20.0. The summed E-state index contributed by atoms with van der Waals surface area (Å²) in [6, 6.07) is 8.60. The van der Waals surface area contributed by atoms with Gasteiger partial charge in [0.15, 0.2) is 5.96 Å². The Hall–Kier alpha value is -1.03. The summed E-state index contributed by atoms with van der Waals surface area (Å²) in [4.78, 5) is 6.46. The molecule has 1 aromatic rings. The predicted molar refractivity (Wildman–Crippen MR) is 71.8 cm³/mol.